The predicted molar refractivity (Wildman–Crippen MR) is 79.6 cm³/mol. The average Bonchev–Trinajstić information content (AvgIpc) is 2.87. The molecular weight excluding hydrogens is 270 g/mol. The highest BCUT2D eigenvalue weighted by Gasteiger charge is 2.14. The molecule has 0 radical (unpaired) electrons. The monoisotopic (exact) mass is 293 g/mol. The van der Waals surface area contributed by atoms with Crippen LogP contribution in [0.15, 0.2) is 12.3 Å². The second-order valence-electron chi connectivity index (χ2n) is 5.34. The molecule has 0 bridgehead atoms. The number of Topliss-reactive ketones (excluding diaryl/α,β-unsaturated/α-hetero) is 1. The lowest BCUT2D eigenvalue weighted by atomic mass is 10.2. The highest BCUT2D eigenvalue weighted by atomic mass is 16.5. The molecule has 2 heterocycles. The third kappa shape index (κ3) is 4.41. The summed E-state index contributed by atoms with van der Waals surface area (Å²) in [5.74, 6) is -0.163. The van der Waals surface area contributed by atoms with E-state index < -0.39 is 0 Å². The molecule has 1 fully saturated rings. The van der Waals surface area contributed by atoms with Crippen LogP contribution in [0.4, 0.5) is 0 Å². The lowest BCUT2D eigenvalue weighted by Gasteiger charge is -2.26. The fourth-order valence-electron chi connectivity index (χ4n) is 2.40. The van der Waals surface area contributed by atoms with Crippen LogP contribution >= 0.6 is 0 Å². The number of nitrogens with zero attached hydrogens (tertiary/aromatic N) is 2. The van der Waals surface area contributed by atoms with Gasteiger partial charge in [0.1, 0.15) is 5.69 Å². The van der Waals surface area contributed by atoms with E-state index in [0.717, 1.165) is 39.3 Å². The smallest absolute Gasteiger partial charge is 0.267 e. The average molecular weight is 293 g/mol. The molecule has 0 spiro atoms. The van der Waals surface area contributed by atoms with Crippen LogP contribution in [-0.2, 0) is 11.8 Å². The van der Waals surface area contributed by atoms with Gasteiger partial charge in [-0.15, -0.1) is 0 Å². The molecule has 1 aromatic heterocycles. The van der Waals surface area contributed by atoms with Crippen molar-refractivity contribution in [1.29, 1.82) is 0 Å². The molecule has 1 aliphatic rings. The van der Waals surface area contributed by atoms with Gasteiger partial charge in [0.2, 0.25) is 0 Å². The van der Waals surface area contributed by atoms with Crippen LogP contribution in [0, 0.1) is 0 Å². The number of carbonyl (C=O) groups is 2. The summed E-state index contributed by atoms with van der Waals surface area (Å²) in [6.45, 7) is 6.63. The van der Waals surface area contributed by atoms with Crippen molar-refractivity contribution in [1.82, 2.24) is 14.8 Å². The van der Waals surface area contributed by atoms with Gasteiger partial charge in [-0.2, -0.15) is 0 Å². The number of aromatic nitrogens is 1. The number of ether oxygens (including phenoxy) is 1. The number of rotatable bonds is 6. The molecule has 1 N–H and O–H groups in total. The van der Waals surface area contributed by atoms with Crippen LogP contribution < -0.4 is 5.32 Å². The predicted octanol–water partition coefficient (Wildman–Crippen LogP) is 0.680. The summed E-state index contributed by atoms with van der Waals surface area (Å²) in [6, 6.07) is 1.64. The van der Waals surface area contributed by atoms with Gasteiger partial charge in [-0.25, -0.2) is 0 Å². The van der Waals surface area contributed by atoms with Gasteiger partial charge in [-0.3, -0.25) is 14.5 Å². The molecule has 1 saturated heterocycles. The first-order chi connectivity index (χ1) is 10.1. The van der Waals surface area contributed by atoms with Gasteiger partial charge in [0.05, 0.1) is 13.2 Å². The van der Waals surface area contributed by atoms with Gasteiger partial charge in [-0.05, 0) is 26.0 Å². The zero-order valence-electron chi connectivity index (χ0n) is 12.7. The number of hydrogen-bond donors (Lipinski definition) is 1. The molecule has 6 heteroatoms. The van der Waals surface area contributed by atoms with Gasteiger partial charge in [0.25, 0.3) is 5.91 Å². The van der Waals surface area contributed by atoms with E-state index in [2.05, 4.69) is 10.2 Å². The summed E-state index contributed by atoms with van der Waals surface area (Å²) < 4.78 is 6.98. The molecule has 0 aromatic carbocycles. The number of morpholine rings is 1. The van der Waals surface area contributed by atoms with E-state index in [1.54, 1.807) is 23.9 Å². The number of aryl methyl sites for hydroxylation is 1. The first-order valence-corrected chi connectivity index (χ1v) is 7.33. The number of hydrogen-bond acceptors (Lipinski definition) is 4. The Hall–Kier alpha value is -1.66. The van der Waals surface area contributed by atoms with Crippen LogP contribution in [0.3, 0.4) is 0 Å². The van der Waals surface area contributed by atoms with Crippen LogP contribution in [0.1, 0.15) is 34.2 Å². The summed E-state index contributed by atoms with van der Waals surface area (Å²) in [4.78, 5) is 25.7. The minimum Gasteiger partial charge on any atom is -0.379 e. The molecule has 1 aliphatic heterocycles. The van der Waals surface area contributed by atoms with Crippen molar-refractivity contribution in [3.8, 4) is 0 Å². The molecule has 116 valence electrons. The Morgan fingerprint density at radius 1 is 1.33 bits per heavy atom. The van der Waals surface area contributed by atoms with Crippen LogP contribution in [-0.4, -0.2) is 60.6 Å². The van der Waals surface area contributed by atoms with Gasteiger partial charge >= 0.3 is 0 Å². The third-order valence-electron chi connectivity index (χ3n) is 3.68. The number of nitrogens with one attached hydrogen (secondary N) is 1. The van der Waals surface area contributed by atoms with Crippen molar-refractivity contribution in [2.24, 2.45) is 7.05 Å². The SMILES string of the molecule is CC(=O)c1cc(C(=O)NCCCN2CCOCC2)n(C)c1. The van der Waals surface area contributed by atoms with Gasteiger partial charge in [0, 0.05) is 38.4 Å². The van der Waals surface area contributed by atoms with Crippen LogP contribution in [0.25, 0.3) is 0 Å². The Labute approximate surface area is 125 Å². The van der Waals surface area contributed by atoms with E-state index in [1.807, 2.05) is 0 Å². The van der Waals surface area contributed by atoms with E-state index in [4.69, 9.17) is 4.74 Å². The van der Waals surface area contributed by atoms with Crippen molar-refractivity contribution in [2.75, 3.05) is 39.4 Å². The normalized spacial score (nSPS) is 15.9. The molecule has 1 amide bonds. The van der Waals surface area contributed by atoms with Crippen molar-refractivity contribution >= 4 is 11.7 Å². The molecule has 0 aliphatic carbocycles. The summed E-state index contributed by atoms with van der Waals surface area (Å²) in [5.41, 5.74) is 1.09. The fourth-order valence-corrected chi connectivity index (χ4v) is 2.40. The largest absolute Gasteiger partial charge is 0.379 e. The first kappa shape index (κ1) is 15.7. The standard InChI is InChI=1S/C15H23N3O3/c1-12(19)13-10-14(17(2)11-13)15(20)16-4-3-5-18-6-8-21-9-7-18/h10-11H,3-9H2,1-2H3,(H,16,20). The fraction of sp³-hybridized carbons (Fsp3) is 0.600. The van der Waals surface area contributed by atoms with Crippen LogP contribution in [0.5, 0.6) is 0 Å². The highest BCUT2D eigenvalue weighted by molar-refractivity contribution is 5.99. The minimum atomic E-state index is -0.132. The Bertz CT molecular complexity index is 504. The lowest BCUT2D eigenvalue weighted by molar-refractivity contribution is 0.0374. The third-order valence-corrected chi connectivity index (χ3v) is 3.68. The topological polar surface area (TPSA) is 63.6 Å². The number of amides is 1. The van der Waals surface area contributed by atoms with E-state index in [-0.39, 0.29) is 11.7 Å². The molecule has 0 saturated carbocycles. The maximum absolute atomic E-state index is 12.1. The summed E-state index contributed by atoms with van der Waals surface area (Å²) in [7, 11) is 1.77. The summed E-state index contributed by atoms with van der Waals surface area (Å²) >= 11 is 0. The zero-order chi connectivity index (χ0) is 15.2. The Balaban J connectivity index is 1.75. The Morgan fingerprint density at radius 3 is 2.67 bits per heavy atom. The van der Waals surface area contributed by atoms with Gasteiger partial charge in [-0.1, -0.05) is 0 Å². The van der Waals surface area contributed by atoms with Gasteiger partial charge < -0.3 is 14.6 Å². The van der Waals surface area contributed by atoms with Crippen molar-refractivity contribution in [2.45, 2.75) is 13.3 Å². The van der Waals surface area contributed by atoms with E-state index >= 15 is 0 Å². The second kappa shape index (κ2) is 7.38. The Kier molecular flexibility index (Phi) is 5.52. The molecule has 2 rings (SSSR count). The van der Waals surface area contributed by atoms with E-state index in [1.165, 1.54) is 6.92 Å². The molecular formula is C15H23N3O3. The molecule has 1 aromatic rings. The summed E-state index contributed by atoms with van der Waals surface area (Å²) in [5, 5.41) is 2.90. The maximum atomic E-state index is 12.1. The van der Waals surface area contributed by atoms with Crippen molar-refractivity contribution in [3.05, 3.63) is 23.5 Å². The quantitative estimate of drug-likeness (QED) is 0.619. The van der Waals surface area contributed by atoms with E-state index in [9.17, 15) is 9.59 Å². The summed E-state index contributed by atoms with van der Waals surface area (Å²) in [6.07, 6.45) is 2.60. The molecule has 21 heavy (non-hydrogen) atoms. The van der Waals surface area contributed by atoms with Crippen LogP contribution in [0.2, 0.25) is 0 Å². The van der Waals surface area contributed by atoms with Crippen molar-refractivity contribution < 1.29 is 14.3 Å². The maximum Gasteiger partial charge on any atom is 0.267 e. The number of ketones is 1. The van der Waals surface area contributed by atoms with Crippen molar-refractivity contribution in [3.63, 3.8) is 0 Å². The van der Waals surface area contributed by atoms with E-state index in [0.29, 0.717) is 17.8 Å². The molecule has 0 unspecified atom stereocenters. The first-order valence-electron chi connectivity index (χ1n) is 7.33. The second-order valence-corrected chi connectivity index (χ2v) is 5.34. The van der Waals surface area contributed by atoms with Gasteiger partial charge in [0.15, 0.2) is 5.78 Å². The lowest BCUT2D eigenvalue weighted by Crippen LogP contribution is -2.38. The minimum absolute atomic E-state index is 0.0306. The Morgan fingerprint density at radius 2 is 2.05 bits per heavy atom. The highest BCUT2D eigenvalue weighted by Crippen LogP contribution is 2.08. The molecule has 6 nitrogen and oxygen atoms in total. The number of carbonyl (C=O) groups excluding carboxylic acids is 2. The zero-order valence-corrected chi connectivity index (χ0v) is 12.7. The molecule has 0 atom stereocenters.